The van der Waals surface area contributed by atoms with E-state index in [1.807, 2.05) is 0 Å². The van der Waals surface area contributed by atoms with Crippen LogP contribution in [-0.2, 0) is 0 Å². The number of rotatable bonds is 3. The fraction of sp³-hybridized carbons (Fsp3) is 0.333. The maximum Gasteiger partial charge on any atom is 0.425 e. The number of carbonyl (C=O) groups is 1. The summed E-state index contributed by atoms with van der Waals surface area (Å²) in [6.45, 7) is 0.798. The van der Waals surface area contributed by atoms with Crippen LogP contribution in [0.3, 0.4) is 0 Å². The van der Waals surface area contributed by atoms with Crippen LogP contribution in [0.2, 0.25) is 0 Å². The van der Waals surface area contributed by atoms with E-state index in [4.69, 9.17) is 5.11 Å². The highest BCUT2D eigenvalue weighted by molar-refractivity contribution is 5.90. The average molecular weight is 235 g/mol. The van der Waals surface area contributed by atoms with Crippen LogP contribution < -0.4 is 4.74 Å². The Kier molecular flexibility index (Phi) is 3.36. The second-order valence-electron chi connectivity index (χ2n) is 2.98. The zero-order chi connectivity index (χ0) is 12.3. The summed E-state index contributed by atoms with van der Waals surface area (Å²) in [7, 11) is 0. The van der Waals surface area contributed by atoms with Gasteiger partial charge in [0.05, 0.1) is 0 Å². The Morgan fingerprint density at radius 1 is 1.56 bits per heavy atom. The van der Waals surface area contributed by atoms with Gasteiger partial charge in [0.15, 0.2) is 6.10 Å². The van der Waals surface area contributed by atoms with E-state index in [1.54, 1.807) is 0 Å². The molecule has 0 aliphatic rings. The molecular formula is C9H8F3NO3. The topological polar surface area (TPSA) is 59.4 Å². The number of hydrogen-bond donors (Lipinski definition) is 1. The van der Waals surface area contributed by atoms with Gasteiger partial charge in [-0.15, -0.1) is 0 Å². The Labute approximate surface area is 88.7 Å². The van der Waals surface area contributed by atoms with Crippen LogP contribution >= 0.6 is 0 Å². The van der Waals surface area contributed by atoms with E-state index < -0.39 is 23.8 Å². The molecule has 1 rings (SSSR count). The molecule has 0 spiro atoms. The monoisotopic (exact) mass is 235 g/mol. The van der Waals surface area contributed by atoms with Crippen molar-refractivity contribution >= 4 is 5.97 Å². The molecule has 0 amide bonds. The van der Waals surface area contributed by atoms with Gasteiger partial charge in [0, 0.05) is 12.4 Å². The lowest BCUT2D eigenvalue weighted by atomic mass is 10.2. The van der Waals surface area contributed by atoms with Crippen LogP contribution in [0.1, 0.15) is 17.3 Å². The molecule has 1 aromatic heterocycles. The molecule has 0 aliphatic heterocycles. The first-order chi connectivity index (χ1) is 7.32. The van der Waals surface area contributed by atoms with Crippen molar-refractivity contribution in [2.45, 2.75) is 19.2 Å². The third-order valence-electron chi connectivity index (χ3n) is 1.78. The summed E-state index contributed by atoms with van der Waals surface area (Å²) in [6.07, 6.45) is -4.53. The van der Waals surface area contributed by atoms with Crippen LogP contribution in [0.25, 0.3) is 0 Å². The third kappa shape index (κ3) is 2.85. The van der Waals surface area contributed by atoms with Crippen molar-refractivity contribution in [3.05, 3.63) is 24.0 Å². The summed E-state index contributed by atoms with van der Waals surface area (Å²) in [4.78, 5) is 14.1. The Balaban J connectivity index is 2.93. The van der Waals surface area contributed by atoms with Crippen LogP contribution in [-0.4, -0.2) is 28.3 Å². The molecule has 0 aromatic carbocycles. The second kappa shape index (κ2) is 4.38. The molecule has 0 radical (unpaired) electrons. The molecule has 1 aromatic rings. The van der Waals surface area contributed by atoms with Gasteiger partial charge in [-0.1, -0.05) is 0 Å². The number of aromatic carboxylic acids is 1. The zero-order valence-corrected chi connectivity index (χ0v) is 8.15. The van der Waals surface area contributed by atoms with E-state index in [0.29, 0.717) is 0 Å². The zero-order valence-electron chi connectivity index (χ0n) is 8.15. The minimum Gasteiger partial charge on any atom is -0.480 e. The average Bonchev–Trinajstić information content (AvgIpc) is 2.16. The van der Waals surface area contributed by atoms with Crippen molar-refractivity contribution < 1.29 is 27.8 Å². The number of nitrogens with zero attached hydrogens (tertiary/aromatic N) is 1. The highest BCUT2D eigenvalue weighted by Gasteiger charge is 2.38. The van der Waals surface area contributed by atoms with E-state index in [1.165, 1.54) is 0 Å². The molecule has 0 fully saturated rings. The van der Waals surface area contributed by atoms with Crippen LogP contribution in [0.15, 0.2) is 18.5 Å². The van der Waals surface area contributed by atoms with Crippen molar-refractivity contribution in [2.24, 2.45) is 0 Å². The molecule has 1 N–H and O–H groups in total. The number of carboxylic acids is 1. The summed E-state index contributed by atoms with van der Waals surface area (Å²) in [6, 6.07) is 1.08. The molecule has 1 heterocycles. The summed E-state index contributed by atoms with van der Waals surface area (Å²) in [5.41, 5.74) is -0.404. The molecular weight excluding hydrogens is 227 g/mol. The predicted molar refractivity (Wildman–Crippen MR) is 47.3 cm³/mol. The SMILES string of the molecule is CC(Oc1ccncc1C(=O)O)C(F)(F)F. The standard InChI is InChI=1S/C9H8F3NO3/c1-5(9(10,11)12)16-7-2-3-13-4-6(7)8(14)15/h2-5H,1H3,(H,14,15). The van der Waals surface area contributed by atoms with Gasteiger partial charge in [0.25, 0.3) is 0 Å². The van der Waals surface area contributed by atoms with Gasteiger partial charge < -0.3 is 9.84 Å². The number of halogens is 3. The Morgan fingerprint density at radius 2 is 2.19 bits per heavy atom. The minimum absolute atomic E-state index is 0.354. The molecule has 0 bridgehead atoms. The largest absolute Gasteiger partial charge is 0.480 e. The minimum atomic E-state index is -4.54. The Morgan fingerprint density at radius 3 is 2.69 bits per heavy atom. The van der Waals surface area contributed by atoms with Crippen molar-refractivity contribution in [1.29, 1.82) is 0 Å². The van der Waals surface area contributed by atoms with Crippen molar-refractivity contribution in [3.63, 3.8) is 0 Å². The highest BCUT2D eigenvalue weighted by Crippen LogP contribution is 2.26. The number of hydrogen-bond acceptors (Lipinski definition) is 3. The summed E-state index contributed by atoms with van der Waals surface area (Å²) in [5.74, 6) is -1.75. The number of alkyl halides is 3. The van der Waals surface area contributed by atoms with Crippen LogP contribution in [0.4, 0.5) is 13.2 Å². The molecule has 4 nitrogen and oxygen atoms in total. The lowest BCUT2D eigenvalue weighted by molar-refractivity contribution is -0.189. The van der Waals surface area contributed by atoms with E-state index in [9.17, 15) is 18.0 Å². The molecule has 0 saturated heterocycles. The lowest BCUT2D eigenvalue weighted by Gasteiger charge is -2.18. The van der Waals surface area contributed by atoms with Gasteiger partial charge in [0.1, 0.15) is 11.3 Å². The normalized spacial score (nSPS) is 13.2. The van der Waals surface area contributed by atoms with Gasteiger partial charge >= 0.3 is 12.1 Å². The molecule has 0 aliphatic carbocycles. The van der Waals surface area contributed by atoms with Crippen LogP contribution in [0.5, 0.6) is 5.75 Å². The quantitative estimate of drug-likeness (QED) is 0.871. The highest BCUT2D eigenvalue weighted by atomic mass is 19.4. The lowest BCUT2D eigenvalue weighted by Crippen LogP contribution is -2.31. The number of aromatic nitrogens is 1. The van der Waals surface area contributed by atoms with Gasteiger partial charge in [-0.3, -0.25) is 4.98 Å². The van der Waals surface area contributed by atoms with E-state index in [-0.39, 0.29) is 5.75 Å². The van der Waals surface area contributed by atoms with Crippen molar-refractivity contribution in [3.8, 4) is 5.75 Å². The molecule has 7 heteroatoms. The Bertz CT molecular complexity index is 392. The number of pyridine rings is 1. The van der Waals surface area contributed by atoms with Crippen molar-refractivity contribution in [1.82, 2.24) is 4.98 Å². The number of ether oxygens (including phenoxy) is 1. The fourth-order valence-electron chi connectivity index (χ4n) is 0.902. The number of carboxylic acid groups (broad SMARTS) is 1. The first-order valence-electron chi connectivity index (χ1n) is 4.23. The molecule has 88 valence electrons. The second-order valence-corrected chi connectivity index (χ2v) is 2.98. The maximum atomic E-state index is 12.2. The van der Waals surface area contributed by atoms with E-state index in [2.05, 4.69) is 9.72 Å². The fourth-order valence-corrected chi connectivity index (χ4v) is 0.902. The summed E-state index contributed by atoms with van der Waals surface area (Å²) >= 11 is 0. The molecule has 16 heavy (non-hydrogen) atoms. The molecule has 1 unspecified atom stereocenters. The Hall–Kier alpha value is -1.79. The smallest absolute Gasteiger partial charge is 0.425 e. The van der Waals surface area contributed by atoms with Crippen LogP contribution in [0, 0.1) is 0 Å². The summed E-state index contributed by atoms with van der Waals surface area (Å²) in [5, 5.41) is 8.68. The van der Waals surface area contributed by atoms with Gasteiger partial charge in [-0.2, -0.15) is 13.2 Å². The maximum absolute atomic E-state index is 12.2. The van der Waals surface area contributed by atoms with E-state index in [0.717, 1.165) is 25.4 Å². The third-order valence-corrected chi connectivity index (χ3v) is 1.78. The first-order valence-corrected chi connectivity index (χ1v) is 4.23. The molecule has 1 atom stereocenters. The van der Waals surface area contributed by atoms with Gasteiger partial charge in [0.2, 0.25) is 0 Å². The predicted octanol–water partition coefficient (Wildman–Crippen LogP) is 2.11. The van der Waals surface area contributed by atoms with Gasteiger partial charge in [-0.05, 0) is 13.0 Å². The van der Waals surface area contributed by atoms with E-state index >= 15 is 0 Å². The molecule has 0 saturated carbocycles. The van der Waals surface area contributed by atoms with Gasteiger partial charge in [-0.25, -0.2) is 4.79 Å². The summed E-state index contributed by atoms with van der Waals surface area (Å²) < 4.78 is 41.1. The first kappa shape index (κ1) is 12.3. The van der Waals surface area contributed by atoms with Crippen molar-refractivity contribution in [2.75, 3.05) is 0 Å².